The van der Waals surface area contributed by atoms with Gasteiger partial charge in [0.15, 0.2) is 0 Å². The van der Waals surface area contributed by atoms with E-state index in [1.165, 1.54) is 0 Å². The van der Waals surface area contributed by atoms with Gasteiger partial charge >= 0.3 is 0 Å². The molecule has 0 radical (unpaired) electrons. The lowest BCUT2D eigenvalue weighted by Crippen LogP contribution is -2.53. The molecule has 1 saturated carbocycles. The van der Waals surface area contributed by atoms with E-state index in [1.54, 1.807) is 7.05 Å². The van der Waals surface area contributed by atoms with Gasteiger partial charge in [-0.25, -0.2) is 0 Å². The van der Waals surface area contributed by atoms with Gasteiger partial charge < -0.3 is 10.6 Å². The molecule has 0 spiro atoms. The van der Waals surface area contributed by atoms with Gasteiger partial charge in [-0.2, -0.15) is 0 Å². The predicted molar refractivity (Wildman–Crippen MR) is 88.9 cm³/mol. The molecule has 1 saturated heterocycles. The molecule has 1 heterocycles. The maximum Gasteiger partial charge on any atom is 0.237 e. The third-order valence-electron chi connectivity index (χ3n) is 4.74. The van der Waals surface area contributed by atoms with Crippen LogP contribution in [0.5, 0.6) is 0 Å². The standard InChI is InChI=1S/C18H25N3O2/c1-19-17(22)16(12-13-6-3-2-4-7-13)21-11-5-8-15(21)18(23)20-14-9-10-14/h2-4,6-7,14-16H,5,8-12H2,1H3,(H,19,22)(H,20,23)/t15-,16+/m0/s1. The zero-order valence-corrected chi connectivity index (χ0v) is 13.6. The Bertz CT molecular complexity index is 557. The minimum atomic E-state index is -0.292. The molecule has 23 heavy (non-hydrogen) atoms. The van der Waals surface area contributed by atoms with Crippen molar-refractivity contribution in [1.29, 1.82) is 0 Å². The molecule has 1 aromatic rings. The smallest absolute Gasteiger partial charge is 0.237 e. The zero-order valence-electron chi connectivity index (χ0n) is 13.6. The number of carbonyl (C=O) groups excluding carboxylic acids is 2. The van der Waals surface area contributed by atoms with Gasteiger partial charge in [-0.3, -0.25) is 14.5 Å². The van der Waals surface area contributed by atoms with E-state index in [4.69, 9.17) is 0 Å². The van der Waals surface area contributed by atoms with Gasteiger partial charge in [-0.1, -0.05) is 30.3 Å². The molecule has 2 aliphatic rings. The average molecular weight is 315 g/mol. The van der Waals surface area contributed by atoms with Crippen LogP contribution in [0.4, 0.5) is 0 Å². The van der Waals surface area contributed by atoms with Crippen molar-refractivity contribution in [3.8, 4) is 0 Å². The molecule has 2 atom stereocenters. The van der Waals surface area contributed by atoms with Gasteiger partial charge in [-0.05, 0) is 44.2 Å². The molecule has 5 heteroatoms. The van der Waals surface area contributed by atoms with Crippen molar-refractivity contribution in [3.05, 3.63) is 35.9 Å². The molecule has 2 N–H and O–H groups in total. The van der Waals surface area contributed by atoms with Crippen LogP contribution in [-0.4, -0.2) is 48.4 Å². The van der Waals surface area contributed by atoms with Crippen LogP contribution in [0.1, 0.15) is 31.2 Å². The van der Waals surface area contributed by atoms with Gasteiger partial charge in [0.05, 0.1) is 12.1 Å². The lowest BCUT2D eigenvalue weighted by Gasteiger charge is -2.31. The highest BCUT2D eigenvalue weighted by Crippen LogP contribution is 2.25. The molecule has 1 aromatic carbocycles. The van der Waals surface area contributed by atoms with E-state index in [2.05, 4.69) is 15.5 Å². The van der Waals surface area contributed by atoms with E-state index >= 15 is 0 Å². The number of likely N-dealkylation sites (tertiary alicyclic amines) is 1. The topological polar surface area (TPSA) is 61.4 Å². The first kappa shape index (κ1) is 16.0. The fourth-order valence-corrected chi connectivity index (χ4v) is 3.33. The number of carbonyl (C=O) groups is 2. The highest BCUT2D eigenvalue weighted by Gasteiger charge is 2.39. The van der Waals surface area contributed by atoms with Gasteiger partial charge in [-0.15, -0.1) is 0 Å². The highest BCUT2D eigenvalue weighted by atomic mass is 16.2. The Morgan fingerprint density at radius 3 is 2.61 bits per heavy atom. The second-order valence-electron chi connectivity index (χ2n) is 6.50. The van der Waals surface area contributed by atoms with E-state index in [9.17, 15) is 9.59 Å². The van der Waals surface area contributed by atoms with E-state index in [-0.39, 0.29) is 23.9 Å². The number of likely N-dealkylation sites (N-methyl/N-ethyl adjacent to an activating group) is 1. The minimum absolute atomic E-state index is 0.0139. The first-order valence-corrected chi connectivity index (χ1v) is 8.50. The van der Waals surface area contributed by atoms with E-state index < -0.39 is 0 Å². The molecule has 124 valence electrons. The zero-order chi connectivity index (χ0) is 16.2. The Hall–Kier alpha value is -1.88. The molecule has 1 aliphatic carbocycles. The quantitative estimate of drug-likeness (QED) is 0.826. The summed E-state index contributed by atoms with van der Waals surface area (Å²) in [6, 6.07) is 9.89. The van der Waals surface area contributed by atoms with Crippen molar-refractivity contribution in [3.63, 3.8) is 0 Å². The fourth-order valence-electron chi connectivity index (χ4n) is 3.33. The molecule has 0 unspecified atom stereocenters. The molecule has 3 rings (SSSR count). The summed E-state index contributed by atoms with van der Waals surface area (Å²) in [5, 5.41) is 5.85. The summed E-state index contributed by atoms with van der Waals surface area (Å²) in [5.41, 5.74) is 1.12. The first-order valence-electron chi connectivity index (χ1n) is 8.50. The number of rotatable bonds is 6. The number of nitrogens with zero attached hydrogens (tertiary/aromatic N) is 1. The molecular formula is C18H25N3O2. The molecule has 0 aromatic heterocycles. The van der Waals surface area contributed by atoms with Crippen LogP contribution in [0.25, 0.3) is 0 Å². The Morgan fingerprint density at radius 1 is 1.22 bits per heavy atom. The summed E-state index contributed by atoms with van der Waals surface area (Å²) in [5.74, 6) is 0.0759. The lowest BCUT2D eigenvalue weighted by molar-refractivity contribution is -0.131. The molecule has 1 aliphatic heterocycles. The second-order valence-corrected chi connectivity index (χ2v) is 6.50. The van der Waals surface area contributed by atoms with Gasteiger partial charge in [0, 0.05) is 13.1 Å². The summed E-state index contributed by atoms with van der Waals surface area (Å²) in [7, 11) is 1.66. The van der Waals surface area contributed by atoms with Gasteiger partial charge in [0.2, 0.25) is 11.8 Å². The second kappa shape index (κ2) is 7.13. The summed E-state index contributed by atoms with van der Waals surface area (Å²) in [4.78, 5) is 27.0. The van der Waals surface area contributed by atoms with Gasteiger partial charge in [0.25, 0.3) is 0 Å². The maximum absolute atomic E-state index is 12.5. The summed E-state index contributed by atoms with van der Waals surface area (Å²) >= 11 is 0. The SMILES string of the molecule is CNC(=O)[C@@H](Cc1ccccc1)N1CCC[C@H]1C(=O)NC1CC1. The van der Waals surface area contributed by atoms with Crippen molar-refractivity contribution in [2.75, 3.05) is 13.6 Å². The summed E-state index contributed by atoms with van der Waals surface area (Å²) < 4.78 is 0. The minimum Gasteiger partial charge on any atom is -0.358 e. The van der Waals surface area contributed by atoms with E-state index in [1.807, 2.05) is 30.3 Å². The Kier molecular flexibility index (Phi) is 4.96. The Labute approximate surface area is 137 Å². The molecular weight excluding hydrogens is 290 g/mol. The van der Waals surface area contributed by atoms with Crippen molar-refractivity contribution >= 4 is 11.8 Å². The predicted octanol–water partition coefficient (Wildman–Crippen LogP) is 1.09. The molecule has 2 fully saturated rings. The summed E-state index contributed by atoms with van der Waals surface area (Å²) in [6.07, 6.45) is 4.60. The van der Waals surface area contributed by atoms with Gasteiger partial charge in [0.1, 0.15) is 0 Å². The van der Waals surface area contributed by atoms with Crippen molar-refractivity contribution in [2.24, 2.45) is 0 Å². The number of hydrogen-bond acceptors (Lipinski definition) is 3. The molecule has 0 bridgehead atoms. The first-order chi connectivity index (χ1) is 11.2. The molecule has 2 amide bonds. The number of benzene rings is 1. The van der Waals surface area contributed by atoms with E-state index in [0.29, 0.717) is 12.5 Å². The van der Waals surface area contributed by atoms with Crippen LogP contribution in [0.15, 0.2) is 30.3 Å². The van der Waals surface area contributed by atoms with Crippen molar-refractivity contribution in [2.45, 2.75) is 50.2 Å². The molecule has 5 nitrogen and oxygen atoms in total. The number of hydrogen-bond donors (Lipinski definition) is 2. The highest BCUT2D eigenvalue weighted by molar-refractivity contribution is 5.86. The number of nitrogens with one attached hydrogen (secondary N) is 2. The Balaban J connectivity index is 1.74. The lowest BCUT2D eigenvalue weighted by atomic mass is 10.0. The maximum atomic E-state index is 12.5. The van der Waals surface area contributed by atoms with Crippen molar-refractivity contribution in [1.82, 2.24) is 15.5 Å². The van der Waals surface area contributed by atoms with Crippen LogP contribution < -0.4 is 10.6 Å². The average Bonchev–Trinajstić information content (AvgIpc) is 3.25. The summed E-state index contributed by atoms with van der Waals surface area (Å²) in [6.45, 7) is 0.799. The monoisotopic (exact) mass is 315 g/mol. The van der Waals surface area contributed by atoms with Crippen LogP contribution in [0.3, 0.4) is 0 Å². The third kappa shape index (κ3) is 3.91. The third-order valence-corrected chi connectivity index (χ3v) is 4.74. The Morgan fingerprint density at radius 2 is 1.96 bits per heavy atom. The van der Waals surface area contributed by atoms with Crippen molar-refractivity contribution < 1.29 is 9.59 Å². The fraction of sp³-hybridized carbons (Fsp3) is 0.556. The van der Waals surface area contributed by atoms with Crippen LogP contribution in [0.2, 0.25) is 0 Å². The van der Waals surface area contributed by atoms with Crippen LogP contribution in [-0.2, 0) is 16.0 Å². The van der Waals surface area contributed by atoms with Crippen LogP contribution in [0, 0.1) is 0 Å². The normalized spacial score (nSPS) is 22.6. The number of amides is 2. The van der Waals surface area contributed by atoms with Crippen LogP contribution >= 0.6 is 0 Å². The van der Waals surface area contributed by atoms with E-state index in [0.717, 1.165) is 37.8 Å². The largest absolute Gasteiger partial charge is 0.358 e.